The number of carbonyl (C=O) groups is 2. The van der Waals surface area contributed by atoms with Gasteiger partial charge in [-0.15, -0.1) is 0 Å². The zero-order valence-corrected chi connectivity index (χ0v) is 12.3. The number of amides is 1. The molecule has 0 bridgehead atoms. The third-order valence-electron chi connectivity index (χ3n) is 3.75. The predicted molar refractivity (Wildman–Crippen MR) is 79.3 cm³/mol. The topological polar surface area (TPSA) is 46.6 Å². The first kappa shape index (κ1) is 16.0. The number of ketones is 1. The summed E-state index contributed by atoms with van der Waals surface area (Å²) in [6.45, 7) is -2.96. The molecular formula is C17H12F3NO3. The molecule has 124 valence electrons. The molecule has 2 aromatic rings. The predicted octanol–water partition coefficient (Wildman–Crippen LogP) is 3.47. The Morgan fingerprint density at radius 2 is 1.71 bits per heavy atom. The van der Waals surface area contributed by atoms with Gasteiger partial charge in [0.15, 0.2) is 0 Å². The second-order valence-corrected chi connectivity index (χ2v) is 5.21. The maximum Gasteiger partial charge on any atom is 0.387 e. The first-order chi connectivity index (χ1) is 11.5. The van der Waals surface area contributed by atoms with Crippen LogP contribution >= 0.6 is 0 Å². The van der Waals surface area contributed by atoms with Crippen LogP contribution in [0.3, 0.4) is 0 Å². The quantitative estimate of drug-likeness (QED) is 0.804. The Morgan fingerprint density at radius 3 is 2.33 bits per heavy atom. The summed E-state index contributed by atoms with van der Waals surface area (Å²) in [6.07, 6.45) is -0.144. The van der Waals surface area contributed by atoms with E-state index in [0.717, 1.165) is 0 Å². The lowest BCUT2D eigenvalue weighted by molar-refractivity contribution is -0.133. The normalized spacial score (nSPS) is 17.7. The molecule has 1 aliphatic heterocycles. The average molecular weight is 335 g/mol. The molecule has 1 saturated heterocycles. The third-order valence-corrected chi connectivity index (χ3v) is 3.75. The maximum atomic E-state index is 14.0. The van der Waals surface area contributed by atoms with Gasteiger partial charge in [-0.05, 0) is 30.3 Å². The molecule has 0 spiro atoms. The van der Waals surface area contributed by atoms with Crippen molar-refractivity contribution in [3.63, 3.8) is 0 Å². The number of nitrogens with zero attached hydrogens (tertiary/aromatic N) is 1. The first-order valence-corrected chi connectivity index (χ1v) is 7.13. The van der Waals surface area contributed by atoms with Crippen molar-refractivity contribution in [3.05, 3.63) is 59.9 Å². The lowest BCUT2D eigenvalue weighted by Gasteiger charge is -2.24. The van der Waals surface area contributed by atoms with Crippen LogP contribution in [0.2, 0.25) is 0 Å². The van der Waals surface area contributed by atoms with Crippen LogP contribution in [0, 0.1) is 5.82 Å². The highest BCUT2D eigenvalue weighted by Crippen LogP contribution is 2.37. The summed E-state index contributed by atoms with van der Waals surface area (Å²) in [5.41, 5.74) is 0.533. The Kier molecular flexibility index (Phi) is 4.24. The van der Waals surface area contributed by atoms with Crippen molar-refractivity contribution in [1.29, 1.82) is 0 Å². The van der Waals surface area contributed by atoms with Gasteiger partial charge in [-0.3, -0.25) is 14.5 Å². The van der Waals surface area contributed by atoms with Gasteiger partial charge in [0.25, 0.3) is 5.91 Å². The Bertz CT molecular complexity index is 777. The van der Waals surface area contributed by atoms with Crippen molar-refractivity contribution < 1.29 is 27.5 Å². The number of ether oxygens (including phenoxy) is 1. The van der Waals surface area contributed by atoms with Crippen LogP contribution < -0.4 is 9.64 Å². The lowest BCUT2D eigenvalue weighted by Crippen LogP contribution is -2.29. The minimum atomic E-state index is -2.96. The Labute approximate surface area is 135 Å². The summed E-state index contributed by atoms with van der Waals surface area (Å²) in [6, 6.07) is 10.4. The fourth-order valence-corrected chi connectivity index (χ4v) is 2.71. The number of Topliss-reactive ketones (excluding diaryl/α,β-unsaturated/α-hetero) is 1. The van der Waals surface area contributed by atoms with Crippen LogP contribution in [0.1, 0.15) is 18.0 Å². The zero-order chi connectivity index (χ0) is 17.3. The molecule has 2 aromatic carbocycles. The summed E-state index contributed by atoms with van der Waals surface area (Å²) in [5, 5.41) is 0. The van der Waals surface area contributed by atoms with E-state index in [0.29, 0.717) is 5.69 Å². The summed E-state index contributed by atoms with van der Waals surface area (Å²) >= 11 is 0. The van der Waals surface area contributed by atoms with E-state index in [1.54, 1.807) is 6.07 Å². The fourth-order valence-electron chi connectivity index (χ4n) is 2.71. The van der Waals surface area contributed by atoms with Crippen molar-refractivity contribution >= 4 is 17.4 Å². The second-order valence-electron chi connectivity index (χ2n) is 5.21. The van der Waals surface area contributed by atoms with Crippen molar-refractivity contribution in [1.82, 2.24) is 0 Å². The molecule has 1 atom stereocenters. The van der Waals surface area contributed by atoms with E-state index in [1.165, 1.54) is 47.4 Å². The minimum Gasteiger partial charge on any atom is -0.435 e. The highest BCUT2D eigenvalue weighted by atomic mass is 19.3. The van der Waals surface area contributed by atoms with Crippen LogP contribution in [0.5, 0.6) is 5.75 Å². The summed E-state index contributed by atoms with van der Waals surface area (Å²) in [7, 11) is 0. The minimum absolute atomic E-state index is 0.0748. The van der Waals surface area contributed by atoms with Gasteiger partial charge >= 0.3 is 6.61 Å². The number of alkyl halides is 2. The number of halogens is 3. The van der Waals surface area contributed by atoms with Gasteiger partial charge in [0.05, 0.1) is 6.04 Å². The number of benzene rings is 2. The highest BCUT2D eigenvalue weighted by molar-refractivity contribution is 6.44. The molecule has 0 saturated carbocycles. The van der Waals surface area contributed by atoms with Crippen LogP contribution in [0.4, 0.5) is 18.9 Å². The first-order valence-electron chi connectivity index (χ1n) is 7.13. The SMILES string of the molecule is O=C1CC(c2ccccc2F)N(c2ccc(OC(F)F)cc2)C1=O. The van der Waals surface area contributed by atoms with E-state index in [1.807, 2.05) is 0 Å². The van der Waals surface area contributed by atoms with E-state index in [4.69, 9.17) is 0 Å². The monoisotopic (exact) mass is 335 g/mol. The van der Waals surface area contributed by atoms with Gasteiger partial charge in [0.1, 0.15) is 11.6 Å². The maximum absolute atomic E-state index is 14.0. The molecule has 7 heteroatoms. The van der Waals surface area contributed by atoms with Crippen LogP contribution in [-0.2, 0) is 9.59 Å². The van der Waals surface area contributed by atoms with Crippen LogP contribution in [0.25, 0.3) is 0 Å². The van der Waals surface area contributed by atoms with Gasteiger partial charge in [-0.25, -0.2) is 4.39 Å². The summed E-state index contributed by atoms with van der Waals surface area (Å²) in [4.78, 5) is 25.2. The van der Waals surface area contributed by atoms with Crippen molar-refractivity contribution in [2.24, 2.45) is 0 Å². The van der Waals surface area contributed by atoms with E-state index < -0.39 is 30.2 Å². The Balaban J connectivity index is 1.95. The molecule has 4 nitrogen and oxygen atoms in total. The standard InChI is InChI=1S/C17H12F3NO3/c18-13-4-2-1-3-12(13)14-9-15(22)16(23)21(14)10-5-7-11(8-6-10)24-17(19)20/h1-8,14,17H,9H2. The molecule has 1 amide bonds. The number of carbonyl (C=O) groups excluding carboxylic acids is 2. The Morgan fingerprint density at radius 1 is 1.04 bits per heavy atom. The highest BCUT2D eigenvalue weighted by Gasteiger charge is 2.41. The molecule has 1 heterocycles. The van der Waals surface area contributed by atoms with E-state index in [9.17, 15) is 22.8 Å². The van der Waals surface area contributed by atoms with Gasteiger partial charge < -0.3 is 4.74 Å². The second kappa shape index (κ2) is 6.35. The van der Waals surface area contributed by atoms with Gasteiger partial charge in [-0.1, -0.05) is 18.2 Å². The van der Waals surface area contributed by atoms with Crippen molar-refractivity contribution in [2.45, 2.75) is 19.1 Å². The average Bonchev–Trinajstić information content (AvgIpc) is 2.83. The number of hydrogen-bond acceptors (Lipinski definition) is 3. The Hall–Kier alpha value is -2.83. The molecule has 1 aliphatic rings. The number of hydrogen-bond donors (Lipinski definition) is 0. The molecular weight excluding hydrogens is 323 g/mol. The lowest BCUT2D eigenvalue weighted by atomic mass is 10.0. The molecule has 0 radical (unpaired) electrons. The van der Waals surface area contributed by atoms with Gasteiger partial charge in [-0.2, -0.15) is 8.78 Å². The summed E-state index contributed by atoms with van der Waals surface area (Å²) < 4.78 is 42.7. The smallest absolute Gasteiger partial charge is 0.387 e. The van der Waals surface area contributed by atoms with Crippen LogP contribution in [0.15, 0.2) is 48.5 Å². The molecule has 3 rings (SSSR count). The third kappa shape index (κ3) is 2.97. The molecule has 0 aromatic heterocycles. The molecule has 1 unspecified atom stereocenters. The van der Waals surface area contributed by atoms with E-state index in [2.05, 4.69) is 4.74 Å². The molecule has 24 heavy (non-hydrogen) atoms. The zero-order valence-electron chi connectivity index (χ0n) is 12.3. The van der Waals surface area contributed by atoms with Crippen molar-refractivity contribution in [3.8, 4) is 5.75 Å². The van der Waals surface area contributed by atoms with E-state index >= 15 is 0 Å². The van der Waals surface area contributed by atoms with E-state index in [-0.39, 0.29) is 17.7 Å². The van der Waals surface area contributed by atoms with Crippen molar-refractivity contribution in [2.75, 3.05) is 4.90 Å². The molecule has 0 aliphatic carbocycles. The van der Waals surface area contributed by atoms with Crippen LogP contribution in [-0.4, -0.2) is 18.3 Å². The van der Waals surface area contributed by atoms with Gasteiger partial charge in [0, 0.05) is 17.7 Å². The molecule has 0 N–H and O–H groups in total. The largest absolute Gasteiger partial charge is 0.435 e. The fraction of sp³-hybridized carbons (Fsp3) is 0.176. The van der Waals surface area contributed by atoms with Gasteiger partial charge in [0.2, 0.25) is 5.78 Å². The molecule has 1 fully saturated rings. The number of rotatable bonds is 4. The summed E-state index contributed by atoms with van der Waals surface area (Å²) in [5.74, 6) is -1.98. The number of anilines is 1.